The highest BCUT2D eigenvalue weighted by atomic mass is 16.5. The highest BCUT2D eigenvalue weighted by Crippen LogP contribution is 2.14. The summed E-state index contributed by atoms with van der Waals surface area (Å²) in [6, 6.07) is 10.6. The second-order valence-corrected chi connectivity index (χ2v) is 4.22. The van der Waals surface area contributed by atoms with Gasteiger partial charge in [-0.05, 0) is 45.0 Å². The second kappa shape index (κ2) is 5.17. The van der Waals surface area contributed by atoms with Crippen molar-refractivity contribution < 1.29 is 4.74 Å². The van der Waals surface area contributed by atoms with Gasteiger partial charge in [0.05, 0.1) is 0 Å². The SMILES string of the molecule is CC(COc1ccccc1)N1CCCC1. The van der Waals surface area contributed by atoms with Crippen LogP contribution in [0.5, 0.6) is 5.75 Å². The Morgan fingerprint density at radius 2 is 1.87 bits per heavy atom. The molecule has 1 aromatic rings. The molecule has 2 nitrogen and oxygen atoms in total. The lowest BCUT2D eigenvalue weighted by Gasteiger charge is -2.23. The van der Waals surface area contributed by atoms with Crippen LogP contribution in [0.4, 0.5) is 0 Å². The maximum atomic E-state index is 5.74. The molecule has 1 saturated heterocycles. The molecule has 0 aliphatic carbocycles. The standard InChI is InChI=1S/C13H19NO/c1-12(14-9-5-6-10-14)11-15-13-7-3-2-4-8-13/h2-4,7-8,12H,5-6,9-11H2,1H3. The zero-order chi connectivity index (χ0) is 10.5. The summed E-state index contributed by atoms with van der Waals surface area (Å²) in [5.41, 5.74) is 0. The highest BCUT2D eigenvalue weighted by Gasteiger charge is 2.18. The smallest absolute Gasteiger partial charge is 0.119 e. The summed E-state index contributed by atoms with van der Waals surface area (Å²) < 4.78 is 5.74. The van der Waals surface area contributed by atoms with Gasteiger partial charge in [-0.1, -0.05) is 18.2 Å². The zero-order valence-electron chi connectivity index (χ0n) is 9.36. The number of hydrogen-bond acceptors (Lipinski definition) is 2. The van der Waals surface area contributed by atoms with Gasteiger partial charge in [-0.25, -0.2) is 0 Å². The van der Waals surface area contributed by atoms with Gasteiger partial charge in [-0.15, -0.1) is 0 Å². The molecule has 0 spiro atoms. The molecule has 0 bridgehead atoms. The Balaban J connectivity index is 1.77. The first-order valence-electron chi connectivity index (χ1n) is 5.78. The van der Waals surface area contributed by atoms with Gasteiger partial charge in [0.25, 0.3) is 0 Å². The van der Waals surface area contributed by atoms with Crippen molar-refractivity contribution >= 4 is 0 Å². The van der Waals surface area contributed by atoms with E-state index < -0.39 is 0 Å². The minimum atomic E-state index is 0.535. The molecule has 1 atom stereocenters. The normalized spacial score (nSPS) is 19.0. The first-order chi connectivity index (χ1) is 7.36. The van der Waals surface area contributed by atoms with Crippen molar-refractivity contribution in [3.63, 3.8) is 0 Å². The average molecular weight is 205 g/mol. The quantitative estimate of drug-likeness (QED) is 0.749. The predicted molar refractivity (Wildman–Crippen MR) is 62.2 cm³/mol. The largest absolute Gasteiger partial charge is 0.492 e. The molecule has 1 unspecified atom stereocenters. The van der Waals surface area contributed by atoms with Crippen molar-refractivity contribution in [2.24, 2.45) is 0 Å². The molecule has 82 valence electrons. The van der Waals surface area contributed by atoms with Crippen LogP contribution in [0.25, 0.3) is 0 Å². The third-order valence-corrected chi connectivity index (χ3v) is 3.00. The third kappa shape index (κ3) is 2.96. The molecule has 2 heteroatoms. The molecule has 1 aliphatic heterocycles. The molecule has 1 aromatic carbocycles. The van der Waals surface area contributed by atoms with E-state index in [2.05, 4.69) is 11.8 Å². The van der Waals surface area contributed by atoms with Crippen LogP contribution in [-0.2, 0) is 0 Å². The summed E-state index contributed by atoms with van der Waals surface area (Å²) in [7, 11) is 0. The maximum Gasteiger partial charge on any atom is 0.119 e. The summed E-state index contributed by atoms with van der Waals surface area (Å²) in [5, 5.41) is 0. The van der Waals surface area contributed by atoms with E-state index >= 15 is 0 Å². The van der Waals surface area contributed by atoms with E-state index in [0.717, 1.165) is 12.4 Å². The van der Waals surface area contributed by atoms with Gasteiger partial charge >= 0.3 is 0 Å². The number of nitrogens with zero attached hydrogens (tertiary/aromatic N) is 1. The minimum absolute atomic E-state index is 0.535. The molecule has 0 amide bonds. The Hall–Kier alpha value is -1.02. The fourth-order valence-corrected chi connectivity index (χ4v) is 2.02. The summed E-state index contributed by atoms with van der Waals surface area (Å²) in [4.78, 5) is 2.50. The van der Waals surface area contributed by atoms with E-state index in [9.17, 15) is 0 Å². The molecular formula is C13H19NO. The fraction of sp³-hybridized carbons (Fsp3) is 0.538. The molecule has 15 heavy (non-hydrogen) atoms. The molecule has 0 radical (unpaired) electrons. The van der Waals surface area contributed by atoms with Crippen LogP contribution in [0, 0.1) is 0 Å². The Morgan fingerprint density at radius 3 is 2.53 bits per heavy atom. The first-order valence-corrected chi connectivity index (χ1v) is 5.78. The molecule has 0 N–H and O–H groups in total. The van der Waals surface area contributed by atoms with Crippen molar-refractivity contribution in [1.29, 1.82) is 0 Å². The van der Waals surface area contributed by atoms with Crippen LogP contribution in [0.15, 0.2) is 30.3 Å². The molecule has 0 aromatic heterocycles. The van der Waals surface area contributed by atoms with Gasteiger partial charge in [-0.2, -0.15) is 0 Å². The zero-order valence-corrected chi connectivity index (χ0v) is 9.36. The number of likely N-dealkylation sites (tertiary alicyclic amines) is 1. The first kappa shape index (κ1) is 10.5. The van der Waals surface area contributed by atoms with Crippen molar-refractivity contribution in [1.82, 2.24) is 4.90 Å². The number of benzene rings is 1. The lowest BCUT2D eigenvalue weighted by molar-refractivity contribution is 0.172. The summed E-state index contributed by atoms with van der Waals surface area (Å²) >= 11 is 0. The van der Waals surface area contributed by atoms with Crippen molar-refractivity contribution in [3.05, 3.63) is 30.3 Å². The van der Waals surface area contributed by atoms with Gasteiger partial charge < -0.3 is 4.74 Å². The topological polar surface area (TPSA) is 12.5 Å². The van der Waals surface area contributed by atoms with Crippen LogP contribution in [0.1, 0.15) is 19.8 Å². The average Bonchev–Trinajstić information content (AvgIpc) is 2.81. The van der Waals surface area contributed by atoms with E-state index in [0.29, 0.717) is 6.04 Å². The van der Waals surface area contributed by atoms with Crippen molar-refractivity contribution in [3.8, 4) is 5.75 Å². The predicted octanol–water partition coefficient (Wildman–Crippen LogP) is 2.55. The van der Waals surface area contributed by atoms with E-state index in [-0.39, 0.29) is 0 Å². The van der Waals surface area contributed by atoms with Crippen molar-refractivity contribution in [2.45, 2.75) is 25.8 Å². The Kier molecular flexibility index (Phi) is 3.62. The van der Waals surface area contributed by atoms with Gasteiger partial charge in [0, 0.05) is 6.04 Å². The number of hydrogen-bond donors (Lipinski definition) is 0. The van der Waals surface area contributed by atoms with Gasteiger partial charge in [-0.3, -0.25) is 4.90 Å². The summed E-state index contributed by atoms with van der Waals surface area (Å²) in [6.07, 6.45) is 2.69. The van der Waals surface area contributed by atoms with Gasteiger partial charge in [0.1, 0.15) is 12.4 Å². The number of ether oxygens (including phenoxy) is 1. The van der Waals surface area contributed by atoms with Crippen LogP contribution in [0.3, 0.4) is 0 Å². The maximum absolute atomic E-state index is 5.74. The van der Waals surface area contributed by atoms with Crippen molar-refractivity contribution in [2.75, 3.05) is 19.7 Å². The molecule has 1 aliphatic rings. The highest BCUT2D eigenvalue weighted by molar-refractivity contribution is 5.20. The van der Waals surface area contributed by atoms with Gasteiger partial charge in [0.15, 0.2) is 0 Å². The Morgan fingerprint density at radius 1 is 1.20 bits per heavy atom. The second-order valence-electron chi connectivity index (χ2n) is 4.22. The van der Waals surface area contributed by atoms with Crippen LogP contribution in [-0.4, -0.2) is 30.6 Å². The van der Waals surface area contributed by atoms with Crippen LogP contribution < -0.4 is 4.74 Å². The third-order valence-electron chi connectivity index (χ3n) is 3.00. The monoisotopic (exact) mass is 205 g/mol. The molecule has 0 saturated carbocycles. The molecule has 1 fully saturated rings. The van der Waals surface area contributed by atoms with E-state index in [4.69, 9.17) is 4.74 Å². The lowest BCUT2D eigenvalue weighted by Crippen LogP contribution is -2.34. The van der Waals surface area contributed by atoms with E-state index in [1.807, 2.05) is 30.3 Å². The Bertz CT molecular complexity index is 280. The summed E-state index contributed by atoms with van der Waals surface area (Å²) in [5.74, 6) is 0.976. The van der Waals surface area contributed by atoms with Crippen LogP contribution in [0.2, 0.25) is 0 Å². The van der Waals surface area contributed by atoms with Crippen LogP contribution >= 0.6 is 0 Å². The number of rotatable bonds is 4. The lowest BCUT2D eigenvalue weighted by atomic mass is 10.3. The minimum Gasteiger partial charge on any atom is -0.492 e. The summed E-state index contributed by atoms with van der Waals surface area (Å²) in [6.45, 7) is 5.51. The molecule has 2 rings (SSSR count). The van der Waals surface area contributed by atoms with Gasteiger partial charge in [0.2, 0.25) is 0 Å². The fourth-order valence-electron chi connectivity index (χ4n) is 2.02. The van der Waals surface area contributed by atoms with E-state index in [1.165, 1.54) is 25.9 Å². The van der Waals surface area contributed by atoms with E-state index in [1.54, 1.807) is 0 Å². The molecule has 1 heterocycles. The molecular weight excluding hydrogens is 186 g/mol. The Labute approximate surface area is 91.9 Å². The number of para-hydroxylation sites is 1.